The van der Waals surface area contributed by atoms with Crippen molar-refractivity contribution in [3.63, 3.8) is 0 Å². The fourth-order valence-corrected chi connectivity index (χ4v) is 16.4. The molecule has 0 bridgehead atoms. The average molecular weight is 2010 g/mol. The van der Waals surface area contributed by atoms with Crippen LogP contribution >= 0.6 is 0 Å². The van der Waals surface area contributed by atoms with Crippen LogP contribution in [0.15, 0.2) is 295 Å². The molecule has 31 heteroatoms. The molecule has 6 heterocycles. The van der Waals surface area contributed by atoms with Crippen LogP contribution in [0.5, 0.6) is 57.6 Å². The third kappa shape index (κ3) is 29.5. The van der Waals surface area contributed by atoms with Gasteiger partial charge in [-0.05, 0) is 155 Å². The number of nitrogens with zero attached hydrogens (tertiary/aromatic N) is 14. The third-order valence-electron chi connectivity index (χ3n) is 23.9. The van der Waals surface area contributed by atoms with Crippen molar-refractivity contribution in [1.29, 1.82) is 36.8 Å². The van der Waals surface area contributed by atoms with Crippen LogP contribution in [0, 0.1) is 103 Å². The molecule has 1 aromatic heterocycles. The van der Waals surface area contributed by atoms with Crippen molar-refractivity contribution in [2.45, 2.75) is 85.9 Å². The van der Waals surface area contributed by atoms with E-state index < -0.39 is 5.91 Å². The van der Waals surface area contributed by atoms with E-state index in [0.29, 0.717) is 123 Å². The average Bonchev–Trinajstić information content (AvgIpc) is 0.807. The number of primary amides is 1. The van der Waals surface area contributed by atoms with Gasteiger partial charge in [-0.1, -0.05) is 213 Å². The molecule has 0 aliphatic carbocycles. The van der Waals surface area contributed by atoms with E-state index in [1.54, 1.807) is 139 Å². The summed E-state index contributed by atoms with van der Waals surface area (Å²) in [6, 6.07) is 87.0. The highest BCUT2D eigenvalue weighted by Crippen LogP contribution is 2.40. The van der Waals surface area contributed by atoms with E-state index in [1.807, 2.05) is 280 Å². The molecule has 0 unspecified atom stereocenters. The van der Waals surface area contributed by atoms with Crippen molar-refractivity contribution < 1.29 is 76.1 Å². The molecule has 0 spiro atoms. The van der Waals surface area contributed by atoms with Crippen LogP contribution in [-0.2, 0) is 24.0 Å². The van der Waals surface area contributed by atoms with Gasteiger partial charge in [0.25, 0.3) is 29.5 Å². The van der Waals surface area contributed by atoms with Crippen molar-refractivity contribution in [3.8, 4) is 156 Å². The molecule has 2 N–H and O–H groups in total. The molecule has 5 saturated heterocycles. The Balaban J connectivity index is 0.000000166. The number of para-hydroxylation sites is 5. The second-order valence-electron chi connectivity index (χ2n) is 36.7. The van der Waals surface area contributed by atoms with Gasteiger partial charge in [0.1, 0.15) is 140 Å². The first-order valence-electron chi connectivity index (χ1n) is 48.5. The minimum Gasteiger partial charge on any atom is -0.496 e. The van der Waals surface area contributed by atoms with Gasteiger partial charge in [-0.3, -0.25) is 28.8 Å². The fourth-order valence-electron chi connectivity index (χ4n) is 16.4. The lowest BCUT2D eigenvalue weighted by Gasteiger charge is -2.39. The molecule has 10 aromatic carbocycles. The van der Waals surface area contributed by atoms with Crippen LogP contribution in [0.1, 0.15) is 82.4 Å². The zero-order chi connectivity index (χ0) is 108. The van der Waals surface area contributed by atoms with E-state index >= 15 is 0 Å². The van der Waals surface area contributed by atoms with Crippen LogP contribution < -0.4 is 53.1 Å². The number of hydrogen-bond donors (Lipinski definition) is 1. The number of aromatic nitrogens is 2. The summed E-state index contributed by atoms with van der Waals surface area (Å²) in [6.07, 6.45) is 9.06. The second-order valence-corrected chi connectivity index (χ2v) is 36.7. The molecule has 5 aliphatic rings. The normalized spacial score (nSPS) is 14.0. The molecule has 762 valence electrons. The molecule has 0 atom stereocenters. The number of hydrogen-bond acceptors (Lipinski definition) is 25. The molecule has 6 amide bonds. The number of likely N-dealkylation sites (tertiary alicyclic amines) is 5. The molecule has 11 aromatic rings. The maximum absolute atomic E-state index is 12.7. The smallest absolute Gasteiger partial charge is 0.264 e. The van der Waals surface area contributed by atoms with Gasteiger partial charge < -0.3 is 77.6 Å². The molecular formula is C119H115N15O16. The lowest BCUT2D eigenvalue weighted by Crippen LogP contribution is -2.56. The predicted molar refractivity (Wildman–Crippen MR) is 565 cm³/mol. The van der Waals surface area contributed by atoms with E-state index in [0.717, 1.165) is 78.4 Å². The molecule has 16 rings (SSSR count). The van der Waals surface area contributed by atoms with Crippen LogP contribution in [0.25, 0.3) is 61.7 Å². The van der Waals surface area contributed by atoms with Gasteiger partial charge in [0, 0.05) is 45.0 Å². The topological polar surface area (TPSA) is 429 Å². The number of carbonyl (C=O) groups excluding carboxylic acids is 6. The van der Waals surface area contributed by atoms with Crippen molar-refractivity contribution in [1.82, 2.24) is 34.7 Å². The summed E-state index contributed by atoms with van der Waals surface area (Å²) in [5.74, 6) is 4.94. The third-order valence-corrected chi connectivity index (χ3v) is 23.9. The minimum atomic E-state index is -0.565. The molecule has 5 fully saturated rings. The summed E-state index contributed by atoms with van der Waals surface area (Å²) in [5, 5.41) is 73.1. The first-order valence-corrected chi connectivity index (χ1v) is 48.5. The Morgan fingerprint density at radius 1 is 0.313 bits per heavy atom. The monoisotopic (exact) mass is 2010 g/mol. The fraction of sp³-hybridized carbons (Fsp3) is 0.269. The van der Waals surface area contributed by atoms with Gasteiger partial charge in [-0.15, -0.1) is 5.10 Å². The Bertz CT molecular complexity index is 7060. The van der Waals surface area contributed by atoms with E-state index in [9.17, 15) is 65.6 Å². The molecule has 0 saturated carbocycles. The summed E-state index contributed by atoms with van der Waals surface area (Å²) in [4.78, 5) is 82.1. The predicted octanol–water partition coefficient (Wildman–Crippen LogP) is 18.4. The Labute approximate surface area is 873 Å². The number of nitrogens with two attached hydrogens (primary N) is 1. The number of nitriles is 7. The van der Waals surface area contributed by atoms with Gasteiger partial charge in [-0.25, -0.2) is 0 Å². The van der Waals surface area contributed by atoms with E-state index in [-0.39, 0.29) is 112 Å². The quantitative estimate of drug-likeness (QED) is 0.0311. The van der Waals surface area contributed by atoms with E-state index in [1.165, 1.54) is 0 Å². The van der Waals surface area contributed by atoms with Crippen molar-refractivity contribution in [2.24, 2.45) is 29.4 Å². The minimum absolute atomic E-state index is 0.0733. The van der Waals surface area contributed by atoms with Crippen molar-refractivity contribution >= 4 is 41.5 Å². The number of rotatable bonds is 31. The van der Waals surface area contributed by atoms with Crippen LogP contribution in [0.2, 0.25) is 0 Å². The highest BCUT2D eigenvalue weighted by molar-refractivity contribution is 6.03. The molecule has 0 radical (unpaired) electrons. The van der Waals surface area contributed by atoms with E-state index in [4.69, 9.17) is 53.1 Å². The Morgan fingerprint density at radius 2 is 0.600 bits per heavy atom. The molecule has 150 heavy (non-hydrogen) atoms. The summed E-state index contributed by atoms with van der Waals surface area (Å²) in [7, 11) is 8.06. The van der Waals surface area contributed by atoms with Gasteiger partial charge in [0.2, 0.25) is 11.8 Å². The maximum atomic E-state index is 12.7. The number of carbonyl (C=O) groups is 6. The summed E-state index contributed by atoms with van der Waals surface area (Å²) in [5.41, 5.74) is 17.0. The zero-order valence-corrected chi connectivity index (χ0v) is 85.6. The molecule has 31 nitrogen and oxygen atoms in total. The Hall–Kier alpha value is -18.8. The van der Waals surface area contributed by atoms with Crippen molar-refractivity contribution in [3.05, 3.63) is 317 Å². The lowest BCUT2D eigenvalue weighted by molar-refractivity contribution is -0.136. The summed E-state index contributed by atoms with van der Waals surface area (Å²) in [6.45, 7) is 19.5. The van der Waals surface area contributed by atoms with Crippen molar-refractivity contribution in [2.75, 3.05) is 101 Å². The number of allylic oxidation sites excluding steroid dienone is 4. The Kier molecular flexibility index (Phi) is 39.0. The second kappa shape index (κ2) is 53.2. The van der Waals surface area contributed by atoms with Gasteiger partial charge in [0.05, 0.1) is 130 Å². The number of ether oxygens (including phenoxy) is 10. The highest BCUT2D eigenvalue weighted by Gasteiger charge is 2.40. The first kappa shape index (κ1) is 110. The van der Waals surface area contributed by atoms with Crippen LogP contribution in [0.3, 0.4) is 0 Å². The van der Waals surface area contributed by atoms with Crippen LogP contribution in [0.4, 0.5) is 0 Å². The van der Waals surface area contributed by atoms with Crippen LogP contribution in [-0.4, -0.2) is 202 Å². The molecule has 5 aliphatic heterocycles. The first-order chi connectivity index (χ1) is 72.4. The summed E-state index contributed by atoms with van der Waals surface area (Å²) >= 11 is 0. The molecular weight excluding hydrogens is 1900 g/mol. The number of benzene rings is 10. The van der Waals surface area contributed by atoms with Gasteiger partial charge in [0.15, 0.2) is 0 Å². The van der Waals surface area contributed by atoms with Gasteiger partial charge >= 0.3 is 0 Å². The summed E-state index contributed by atoms with van der Waals surface area (Å²) < 4.78 is 57.1. The number of amides is 6. The highest BCUT2D eigenvalue weighted by atomic mass is 16.5. The van der Waals surface area contributed by atoms with Gasteiger partial charge in [-0.2, -0.15) is 41.9 Å². The number of methoxy groups -OCH3 is 5. The maximum Gasteiger partial charge on any atom is 0.264 e. The zero-order valence-electron chi connectivity index (χ0n) is 85.6. The standard InChI is InChI=1S/C27H21N3O3.C24H25N3O4.C24H23N3O3.C23H24N2O3.C21H22N4O3/c1-32-26-10-6-5-9-25(26)21-12-20(15-28)13-23(14-21)33-24-17-30(18-24)27(31)22(16-29)11-19-7-3-2-4-8-19;1-15(2)8-18(12-25)24(29)27-13-20(14-27)31-19-10-16(9-17(11-19)23(26)28)21-6-4-5-7-22(21)30-3;1-16(2)8-19(13-26)24(28)27-14-21(15-27)30-20-10-17(12-25)9-18(11-20)22-6-4-5-7-23(22)29-3;1-16(2)11-18(13-24)23(26)25-14-20(15-25)28-19-8-6-7-17(12-19)21-9-4-5-10-22(21)27-3;1-14(2)8-15(10-22)21(26)25-12-17(13-25)28-20-9-16(11-23-24-20)18-6-4-5-7-19(18)27-3/h2-14,24H,17-18H2,1H3;4-11,15,20H,13-14H2,1-3H3,(H2,26,28);4-11,16,21H,14-15H2,1-3H3;4-12,16,20H,14-15H2,1-3H3;4-9,11,14,17H,12-13H2,1-3H3/b22-11+;18-8+;19-8+;18-11+;15-8+. The lowest BCUT2D eigenvalue weighted by atomic mass is 10.0. The SMILES string of the molecule is COc1ccccc1-c1cc(C#N)cc(OC2CN(C(=O)/C(C#N)=C/C(C)C)C2)c1.COc1ccccc1-c1cc(C#N)cc(OC2CN(C(=O)/C(C#N)=C/c3ccccc3)C2)c1.COc1ccccc1-c1cc(OC2CN(C(=O)/C(C#N)=C/C(C)C)C2)cc(C(N)=O)c1.COc1ccccc1-c1cccc(OC2CN(C(=O)/C(C#N)=C/C(C)C)C2)c1.COc1ccccc1-c1cnnc(OC2CN(C(=O)/C(C#N)=C/C(C)C)C2)c1. The Morgan fingerprint density at radius 3 is 0.920 bits per heavy atom. The van der Waals surface area contributed by atoms with E-state index in [2.05, 4.69) is 22.3 Å². The largest absolute Gasteiger partial charge is 0.496 e.